The number of ether oxygens (including phenoxy) is 2. The summed E-state index contributed by atoms with van der Waals surface area (Å²) in [6.45, 7) is 11.9. The van der Waals surface area contributed by atoms with Crippen molar-refractivity contribution in [3.8, 4) is 22.5 Å². The van der Waals surface area contributed by atoms with Gasteiger partial charge in [-0.3, -0.25) is 29.3 Å². The van der Waals surface area contributed by atoms with E-state index in [1.165, 1.54) is 22.8 Å². The number of cyclic esters (lactones) is 1. The average molecular weight is 796 g/mol. The predicted octanol–water partition coefficient (Wildman–Crippen LogP) is 6.47. The summed E-state index contributed by atoms with van der Waals surface area (Å²) in [6, 6.07) is 9.31. The molecule has 0 unspecified atom stereocenters. The van der Waals surface area contributed by atoms with Gasteiger partial charge in [0.2, 0.25) is 5.91 Å². The van der Waals surface area contributed by atoms with Crippen molar-refractivity contribution in [1.82, 2.24) is 35.2 Å². The van der Waals surface area contributed by atoms with Gasteiger partial charge in [-0.05, 0) is 102 Å². The number of thiazole rings is 1. The molecule has 3 fully saturated rings. The van der Waals surface area contributed by atoms with Crippen LogP contribution < -0.4 is 10.7 Å². The third-order valence-electron chi connectivity index (χ3n) is 12.6. The Labute approximate surface area is 339 Å². The number of pyridine rings is 1. The number of hydrazine groups is 1. The number of carbonyl (C=O) groups excluding carboxylic acids is 3. The normalized spacial score (nSPS) is 25.0. The molecule has 57 heavy (non-hydrogen) atoms. The Morgan fingerprint density at radius 3 is 2.75 bits per heavy atom. The van der Waals surface area contributed by atoms with Gasteiger partial charge in [-0.15, -0.1) is 11.3 Å². The van der Waals surface area contributed by atoms with Gasteiger partial charge in [0.25, 0.3) is 5.91 Å². The van der Waals surface area contributed by atoms with Crippen molar-refractivity contribution in [2.45, 2.75) is 116 Å². The Balaban J connectivity index is 1.20. The molecule has 4 aliphatic heterocycles. The molecular weight excluding hydrogens is 739 g/mol. The van der Waals surface area contributed by atoms with E-state index < -0.39 is 17.5 Å². The molecule has 3 saturated heterocycles. The molecule has 6 bridgehead atoms. The quantitative estimate of drug-likeness (QED) is 0.211. The molecule has 0 aliphatic carbocycles. The zero-order valence-electron chi connectivity index (χ0n) is 34.0. The molecule has 5 atom stereocenters. The smallest absolute Gasteiger partial charge is 0.324 e. The Hall–Kier alpha value is -4.17. The van der Waals surface area contributed by atoms with Crippen molar-refractivity contribution >= 4 is 40.0 Å². The standard InChI is InChI=1S/C44H57N7O5S/c1-6-50-37-17-16-28-22-31(37)32(40(50)30-12-9-18-45-39(30)27(2)55-5)24-44(3,4)26-56-43(54)33-14-11-21-51(48-33)42(53)34(23-38-46-35(28)25-57-38)47-41(52)29-13-10-20-49-19-8-7-15-36(29)49/h9,12,16-18,22,25,27,29,33-34,36,48H,6-8,10-11,13-15,19-21,23-24,26H2,1-5H3,(H,47,52)/t27-,29+,33-,34-,36-/m0/s1. The number of amides is 2. The van der Waals surface area contributed by atoms with Crippen LogP contribution in [0.3, 0.4) is 0 Å². The second kappa shape index (κ2) is 16.6. The molecule has 4 aromatic rings. The molecule has 0 spiro atoms. The Morgan fingerprint density at radius 2 is 1.93 bits per heavy atom. The molecule has 3 aromatic heterocycles. The number of hydrogen-bond donors (Lipinski definition) is 2. The first kappa shape index (κ1) is 39.6. The van der Waals surface area contributed by atoms with E-state index in [1.54, 1.807) is 7.11 Å². The number of aryl methyl sites for hydroxylation is 1. The lowest BCUT2D eigenvalue weighted by atomic mass is 9.83. The highest BCUT2D eigenvalue weighted by Gasteiger charge is 2.40. The van der Waals surface area contributed by atoms with E-state index in [1.807, 2.05) is 19.2 Å². The van der Waals surface area contributed by atoms with E-state index in [4.69, 9.17) is 19.4 Å². The maximum Gasteiger partial charge on any atom is 0.324 e. The van der Waals surface area contributed by atoms with Gasteiger partial charge in [-0.1, -0.05) is 26.3 Å². The van der Waals surface area contributed by atoms with E-state index in [0.29, 0.717) is 25.8 Å². The van der Waals surface area contributed by atoms with E-state index in [0.717, 1.165) is 95.0 Å². The number of aromatic nitrogens is 3. The van der Waals surface area contributed by atoms with Gasteiger partial charge in [0.05, 0.1) is 40.7 Å². The molecular formula is C44H57N7O5S. The summed E-state index contributed by atoms with van der Waals surface area (Å²) in [5.74, 6) is -0.861. The summed E-state index contributed by atoms with van der Waals surface area (Å²) in [7, 11) is 1.71. The molecule has 2 amide bonds. The third-order valence-corrected chi connectivity index (χ3v) is 13.5. The van der Waals surface area contributed by atoms with Crippen LogP contribution in [0.2, 0.25) is 0 Å². The molecule has 4 aliphatic rings. The first-order valence-electron chi connectivity index (χ1n) is 20.9. The highest BCUT2D eigenvalue weighted by molar-refractivity contribution is 7.10. The lowest BCUT2D eigenvalue weighted by Gasteiger charge is -2.44. The van der Waals surface area contributed by atoms with Crippen LogP contribution in [0.1, 0.15) is 95.0 Å². The number of nitrogens with one attached hydrogen (secondary N) is 2. The number of methoxy groups -OCH3 is 1. The van der Waals surface area contributed by atoms with E-state index >= 15 is 0 Å². The molecule has 13 heteroatoms. The van der Waals surface area contributed by atoms with Crippen molar-refractivity contribution in [2.24, 2.45) is 11.3 Å². The van der Waals surface area contributed by atoms with Crippen molar-refractivity contribution in [1.29, 1.82) is 0 Å². The number of esters is 1. The van der Waals surface area contributed by atoms with E-state index in [2.05, 4.69) is 70.6 Å². The van der Waals surface area contributed by atoms with Gasteiger partial charge in [0.15, 0.2) is 0 Å². The Bertz CT molecular complexity index is 2130. The average Bonchev–Trinajstić information content (AvgIpc) is 3.83. The van der Waals surface area contributed by atoms with E-state index in [9.17, 15) is 14.4 Å². The second-order valence-electron chi connectivity index (χ2n) is 17.1. The van der Waals surface area contributed by atoms with Gasteiger partial charge in [0, 0.05) is 71.7 Å². The van der Waals surface area contributed by atoms with Gasteiger partial charge < -0.3 is 19.4 Å². The fourth-order valence-corrected chi connectivity index (χ4v) is 10.5. The Kier molecular flexibility index (Phi) is 11.5. The molecule has 0 saturated carbocycles. The van der Waals surface area contributed by atoms with Crippen LogP contribution >= 0.6 is 11.3 Å². The fraction of sp³-hybridized carbons (Fsp3) is 0.568. The summed E-state index contributed by atoms with van der Waals surface area (Å²) in [5, 5.41) is 8.68. The highest BCUT2D eigenvalue weighted by atomic mass is 32.1. The molecule has 7 heterocycles. The maximum absolute atomic E-state index is 14.4. The fourth-order valence-electron chi connectivity index (χ4n) is 9.61. The summed E-state index contributed by atoms with van der Waals surface area (Å²) in [5.41, 5.74) is 9.78. The minimum atomic E-state index is -0.839. The molecule has 304 valence electrons. The number of rotatable bonds is 6. The zero-order valence-corrected chi connectivity index (χ0v) is 34.8. The topological polar surface area (TPSA) is 131 Å². The van der Waals surface area contributed by atoms with Crippen molar-refractivity contribution in [2.75, 3.05) is 33.4 Å². The van der Waals surface area contributed by atoms with Crippen LogP contribution in [-0.2, 0) is 43.2 Å². The summed E-state index contributed by atoms with van der Waals surface area (Å²) in [6.07, 6.45) is 8.75. The first-order chi connectivity index (χ1) is 27.5. The highest BCUT2D eigenvalue weighted by Crippen LogP contribution is 2.42. The predicted molar refractivity (Wildman–Crippen MR) is 221 cm³/mol. The van der Waals surface area contributed by atoms with Crippen LogP contribution in [-0.4, -0.2) is 93.7 Å². The van der Waals surface area contributed by atoms with Crippen LogP contribution in [0.25, 0.3) is 33.4 Å². The number of piperidine rings is 2. The SMILES string of the molecule is CCn1c(-c2cccnc2[C@H](C)OC)c2c3cc(ccc31)-c1csc(n1)C[C@H](NC(=O)[C@@H]1CCCN3CCCC[C@@H]13)C(=O)N1CCC[C@H](N1)C(=O)OCC(C)(C)C2. The number of hydrogen-bond acceptors (Lipinski definition) is 10. The number of fused-ring (bicyclic) bond motifs is 7. The number of nitrogens with zero attached hydrogens (tertiary/aromatic N) is 5. The van der Waals surface area contributed by atoms with Crippen LogP contribution in [0.4, 0.5) is 0 Å². The van der Waals surface area contributed by atoms with Gasteiger partial charge in [-0.2, -0.15) is 0 Å². The van der Waals surface area contributed by atoms with Crippen molar-refractivity contribution in [3.63, 3.8) is 0 Å². The summed E-state index contributed by atoms with van der Waals surface area (Å²) in [4.78, 5) is 54.8. The van der Waals surface area contributed by atoms with Crippen molar-refractivity contribution < 1.29 is 23.9 Å². The Morgan fingerprint density at radius 1 is 1.11 bits per heavy atom. The summed E-state index contributed by atoms with van der Waals surface area (Å²) >= 11 is 1.51. The van der Waals surface area contributed by atoms with Crippen molar-refractivity contribution in [3.05, 3.63) is 58.2 Å². The lowest BCUT2D eigenvalue weighted by molar-refractivity contribution is -0.155. The zero-order chi connectivity index (χ0) is 39.8. The van der Waals surface area contributed by atoms with Gasteiger partial charge in [-0.25, -0.2) is 10.4 Å². The largest absolute Gasteiger partial charge is 0.464 e. The minimum absolute atomic E-state index is 0.0649. The minimum Gasteiger partial charge on any atom is -0.464 e. The third kappa shape index (κ3) is 8.00. The van der Waals surface area contributed by atoms with Crippen LogP contribution in [0.15, 0.2) is 41.9 Å². The molecule has 2 N–H and O–H groups in total. The van der Waals surface area contributed by atoms with Crippen LogP contribution in [0, 0.1) is 11.3 Å². The molecule has 12 nitrogen and oxygen atoms in total. The van der Waals surface area contributed by atoms with Gasteiger partial charge >= 0.3 is 5.97 Å². The summed E-state index contributed by atoms with van der Waals surface area (Å²) < 4.78 is 14.3. The lowest BCUT2D eigenvalue weighted by Crippen LogP contribution is -2.61. The molecule has 1 aromatic carbocycles. The molecule has 0 radical (unpaired) electrons. The molecule has 8 rings (SSSR count). The van der Waals surface area contributed by atoms with E-state index in [-0.39, 0.29) is 48.9 Å². The monoisotopic (exact) mass is 795 g/mol. The number of benzene rings is 1. The maximum atomic E-state index is 14.4. The first-order valence-corrected chi connectivity index (χ1v) is 21.8. The van der Waals surface area contributed by atoms with Gasteiger partial charge in [0.1, 0.15) is 12.1 Å². The number of carbonyl (C=O) groups is 3. The van der Waals surface area contributed by atoms with Crippen LogP contribution in [0.5, 0.6) is 0 Å². The second-order valence-corrected chi connectivity index (χ2v) is 18.1.